The number of benzene rings is 3. The number of rotatable bonds is 4. The monoisotopic (exact) mass is 413 g/mol. The first kappa shape index (κ1) is 19.2. The summed E-state index contributed by atoms with van der Waals surface area (Å²) in [4.78, 5) is 27.4. The number of urea groups is 1. The van der Waals surface area contributed by atoms with Gasteiger partial charge < -0.3 is 15.4 Å². The van der Waals surface area contributed by atoms with Gasteiger partial charge in [-0.15, -0.1) is 0 Å². The zero-order valence-electron chi connectivity index (χ0n) is 17.2. The number of nitrogens with one attached hydrogen (secondary N) is 2. The summed E-state index contributed by atoms with van der Waals surface area (Å²) in [7, 11) is 0. The van der Waals surface area contributed by atoms with Crippen LogP contribution in [0.3, 0.4) is 0 Å². The summed E-state index contributed by atoms with van der Waals surface area (Å²) in [5.41, 5.74) is 2.27. The molecule has 3 aromatic carbocycles. The zero-order chi connectivity index (χ0) is 21.4. The van der Waals surface area contributed by atoms with Crippen LogP contribution < -0.4 is 20.3 Å². The third kappa shape index (κ3) is 3.50. The van der Waals surface area contributed by atoms with Crippen LogP contribution >= 0.6 is 0 Å². The standard InChI is InChI=1S/C25H23N3O3/c1-25-15-21(20-12-5-6-13-22(20)31-25)27-24(30)28(25)19-11-7-10-18(14-19)23(29)26-16-17-8-3-2-4-9-17/h2-14,21H,15-16H2,1H3,(H,26,29)(H,27,30)/t21-,25+/m1/s1. The minimum absolute atomic E-state index is 0.101. The lowest BCUT2D eigenvalue weighted by atomic mass is 9.90. The SMILES string of the molecule is C[C@]12C[C@@H](NC(=O)N1c1cccc(C(=O)NCc3ccccc3)c1)c1ccccc1O2. The minimum Gasteiger partial charge on any atom is -0.467 e. The highest BCUT2D eigenvalue weighted by molar-refractivity contribution is 5.99. The maximum atomic E-state index is 13.0. The highest BCUT2D eigenvalue weighted by atomic mass is 16.5. The van der Waals surface area contributed by atoms with Crippen LogP contribution in [0.25, 0.3) is 0 Å². The number of amides is 3. The normalized spacial score (nSPS) is 21.5. The predicted molar refractivity (Wildman–Crippen MR) is 118 cm³/mol. The average molecular weight is 413 g/mol. The van der Waals surface area contributed by atoms with Crippen LogP contribution in [-0.2, 0) is 6.54 Å². The van der Waals surface area contributed by atoms with Crippen molar-refractivity contribution in [1.29, 1.82) is 0 Å². The first-order chi connectivity index (χ1) is 15.0. The number of nitrogens with zero attached hydrogens (tertiary/aromatic N) is 1. The Hall–Kier alpha value is -3.80. The van der Waals surface area contributed by atoms with E-state index in [1.165, 1.54) is 0 Å². The molecule has 1 fully saturated rings. The Labute approximate surface area is 180 Å². The Morgan fingerprint density at radius 1 is 1.10 bits per heavy atom. The summed E-state index contributed by atoms with van der Waals surface area (Å²) in [5, 5.41) is 6.01. The molecule has 0 unspecified atom stereocenters. The molecule has 5 rings (SSSR count). The highest BCUT2D eigenvalue weighted by Gasteiger charge is 2.49. The highest BCUT2D eigenvalue weighted by Crippen LogP contribution is 2.45. The van der Waals surface area contributed by atoms with Gasteiger partial charge in [-0.2, -0.15) is 0 Å². The topological polar surface area (TPSA) is 70.7 Å². The van der Waals surface area contributed by atoms with Crippen LogP contribution in [-0.4, -0.2) is 17.7 Å². The molecule has 2 bridgehead atoms. The molecular formula is C25H23N3O3. The lowest BCUT2D eigenvalue weighted by molar-refractivity contribution is 0.0378. The van der Waals surface area contributed by atoms with Gasteiger partial charge in [-0.1, -0.05) is 54.6 Å². The molecule has 2 heterocycles. The maximum Gasteiger partial charge on any atom is 0.325 e. The number of ether oxygens (including phenoxy) is 1. The Balaban J connectivity index is 1.40. The Bertz CT molecular complexity index is 1150. The molecular weight excluding hydrogens is 390 g/mol. The van der Waals surface area contributed by atoms with Gasteiger partial charge in [0.05, 0.1) is 11.7 Å². The van der Waals surface area contributed by atoms with Crippen LogP contribution in [0.5, 0.6) is 5.75 Å². The zero-order valence-corrected chi connectivity index (χ0v) is 17.2. The van der Waals surface area contributed by atoms with Crippen molar-refractivity contribution in [3.63, 3.8) is 0 Å². The largest absolute Gasteiger partial charge is 0.467 e. The number of anilines is 1. The Morgan fingerprint density at radius 3 is 2.71 bits per heavy atom. The molecule has 6 nitrogen and oxygen atoms in total. The second-order valence-corrected chi connectivity index (χ2v) is 8.08. The van der Waals surface area contributed by atoms with E-state index in [1.54, 1.807) is 23.1 Å². The van der Waals surface area contributed by atoms with Gasteiger partial charge in [-0.05, 0) is 36.8 Å². The second-order valence-electron chi connectivity index (χ2n) is 8.08. The van der Waals surface area contributed by atoms with E-state index >= 15 is 0 Å². The molecule has 1 saturated heterocycles. The van der Waals surface area contributed by atoms with Gasteiger partial charge >= 0.3 is 6.03 Å². The van der Waals surface area contributed by atoms with Gasteiger partial charge in [0.15, 0.2) is 5.72 Å². The van der Waals surface area contributed by atoms with Crippen LogP contribution in [0.4, 0.5) is 10.5 Å². The molecule has 156 valence electrons. The molecule has 2 aliphatic heterocycles. The van der Waals surface area contributed by atoms with Crippen molar-refractivity contribution in [2.24, 2.45) is 0 Å². The molecule has 0 aliphatic carbocycles. The van der Waals surface area contributed by atoms with Crippen molar-refractivity contribution in [1.82, 2.24) is 10.6 Å². The van der Waals surface area contributed by atoms with Gasteiger partial charge in [0.25, 0.3) is 5.91 Å². The third-order valence-electron chi connectivity index (χ3n) is 5.84. The quantitative estimate of drug-likeness (QED) is 0.667. The fourth-order valence-corrected chi connectivity index (χ4v) is 4.38. The van der Waals surface area contributed by atoms with Gasteiger partial charge in [0, 0.05) is 24.1 Å². The summed E-state index contributed by atoms with van der Waals surface area (Å²) in [6.45, 7) is 2.35. The summed E-state index contributed by atoms with van der Waals surface area (Å²) in [6.07, 6.45) is 0.611. The van der Waals surface area contributed by atoms with E-state index in [0.29, 0.717) is 24.2 Å². The summed E-state index contributed by atoms with van der Waals surface area (Å²) < 4.78 is 6.30. The van der Waals surface area contributed by atoms with E-state index in [2.05, 4.69) is 10.6 Å². The number of carbonyl (C=O) groups is 2. The first-order valence-electron chi connectivity index (χ1n) is 10.3. The predicted octanol–water partition coefficient (Wildman–Crippen LogP) is 4.39. The molecule has 0 aromatic heterocycles. The summed E-state index contributed by atoms with van der Waals surface area (Å²) >= 11 is 0. The number of hydrogen-bond acceptors (Lipinski definition) is 3. The third-order valence-corrected chi connectivity index (χ3v) is 5.84. The van der Waals surface area contributed by atoms with Gasteiger partial charge in [0.2, 0.25) is 0 Å². The van der Waals surface area contributed by atoms with E-state index in [1.807, 2.05) is 67.6 Å². The van der Waals surface area contributed by atoms with Crippen LogP contribution in [0.15, 0.2) is 78.9 Å². The molecule has 31 heavy (non-hydrogen) atoms. The van der Waals surface area contributed by atoms with Crippen LogP contribution in [0, 0.1) is 0 Å². The molecule has 3 amide bonds. The van der Waals surface area contributed by atoms with E-state index in [9.17, 15) is 9.59 Å². The summed E-state index contributed by atoms with van der Waals surface area (Å²) in [6, 6.07) is 24.2. The second kappa shape index (κ2) is 7.47. The minimum atomic E-state index is -0.847. The van der Waals surface area contributed by atoms with Gasteiger partial charge in [-0.3, -0.25) is 9.69 Å². The Kier molecular flexibility index (Phi) is 4.62. The lowest BCUT2D eigenvalue weighted by Gasteiger charge is -2.50. The van der Waals surface area contributed by atoms with Crippen molar-refractivity contribution in [3.8, 4) is 5.75 Å². The molecule has 2 aliphatic rings. The van der Waals surface area contributed by atoms with Crippen molar-refractivity contribution in [2.75, 3.05) is 4.90 Å². The number of carbonyl (C=O) groups excluding carboxylic acids is 2. The Morgan fingerprint density at radius 2 is 1.87 bits per heavy atom. The van der Waals surface area contributed by atoms with E-state index < -0.39 is 5.72 Å². The smallest absolute Gasteiger partial charge is 0.325 e. The number of hydrogen-bond donors (Lipinski definition) is 2. The molecule has 0 saturated carbocycles. The van der Waals surface area contributed by atoms with E-state index in [0.717, 1.165) is 16.9 Å². The van der Waals surface area contributed by atoms with Crippen molar-refractivity contribution in [3.05, 3.63) is 95.6 Å². The van der Waals surface area contributed by atoms with Crippen LogP contribution in [0.2, 0.25) is 0 Å². The first-order valence-corrected chi connectivity index (χ1v) is 10.3. The fourth-order valence-electron chi connectivity index (χ4n) is 4.38. The lowest BCUT2D eigenvalue weighted by Crippen LogP contribution is -2.65. The van der Waals surface area contributed by atoms with E-state index in [4.69, 9.17) is 4.74 Å². The number of para-hydroxylation sites is 1. The van der Waals surface area contributed by atoms with Crippen molar-refractivity contribution in [2.45, 2.75) is 31.7 Å². The van der Waals surface area contributed by atoms with Gasteiger partial charge in [0.1, 0.15) is 5.75 Å². The molecule has 6 heteroatoms. The molecule has 3 aromatic rings. The molecule has 2 atom stereocenters. The maximum absolute atomic E-state index is 13.0. The molecule has 2 N–H and O–H groups in total. The van der Waals surface area contributed by atoms with Crippen molar-refractivity contribution >= 4 is 17.6 Å². The van der Waals surface area contributed by atoms with E-state index in [-0.39, 0.29) is 18.0 Å². The number of fused-ring (bicyclic) bond motifs is 4. The summed E-state index contributed by atoms with van der Waals surface area (Å²) in [5.74, 6) is 0.573. The molecule has 0 radical (unpaired) electrons. The fraction of sp³-hybridized carbons (Fsp3) is 0.200. The van der Waals surface area contributed by atoms with Gasteiger partial charge in [-0.25, -0.2) is 4.79 Å². The van der Waals surface area contributed by atoms with Crippen molar-refractivity contribution < 1.29 is 14.3 Å². The van der Waals surface area contributed by atoms with Crippen LogP contribution in [0.1, 0.15) is 40.9 Å². The average Bonchev–Trinajstić information content (AvgIpc) is 2.78. The molecule has 0 spiro atoms.